The predicted octanol–water partition coefficient (Wildman–Crippen LogP) is 0.251. The van der Waals surface area contributed by atoms with E-state index < -0.39 is 0 Å². The minimum absolute atomic E-state index is 0.127. The van der Waals surface area contributed by atoms with Crippen LogP contribution in [0.3, 0.4) is 0 Å². The molecule has 3 amide bonds. The zero-order chi connectivity index (χ0) is 13.8. The van der Waals surface area contributed by atoms with Gasteiger partial charge in [-0.25, -0.2) is 4.79 Å². The summed E-state index contributed by atoms with van der Waals surface area (Å²) < 4.78 is 0. The van der Waals surface area contributed by atoms with Gasteiger partial charge in [-0.2, -0.15) is 0 Å². The van der Waals surface area contributed by atoms with Gasteiger partial charge in [0, 0.05) is 18.7 Å². The lowest BCUT2D eigenvalue weighted by Gasteiger charge is -2.20. The molecule has 1 fully saturated rings. The quantitative estimate of drug-likeness (QED) is 0.817. The highest BCUT2D eigenvalue weighted by atomic mass is 16.2. The number of hydrogen-bond donors (Lipinski definition) is 2. The largest absolute Gasteiger partial charge is 0.336 e. The number of benzene rings is 1. The van der Waals surface area contributed by atoms with Crippen molar-refractivity contribution in [3.63, 3.8) is 0 Å². The van der Waals surface area contributed by atoms with Crippen LogP contribution in [0, 0.1) is 0 Å². The van der Waals surface area contributed by atoms with Crippen molar-refractivity contribution >= 4 is 11.9 Å². The van der Waals surface area contributed by atoms with E-state index in [2.05, 4.69) is 12.2 Å². The summed E-state index contributed by atoms with van der Waals surface area (Å²) >= 11 is 0. The molecule has 0 bridgehead atoms. The monoisotopic (exact) mass is 262 g/mol. The maximum atomic E-state index is 12.2. The van der Waals surface area contributed by atoms with E-state index in [-0.39, 0.29) is 24.0 Å². The van der Waals surface area contributed by atoms with Gasteiger partial charge in [-0.1, -0.05) is 30.3 Å². The van der Waals surface area contributed by atoms with Crippen LogP contribution >= 0.6 is 0 Å². The second-order valence-corrected chi connectivity index (χ2v) is 4.90. The molecule has 3 N–H and O–H groups in total. The number of hydrogen-bond acceptors (Lipinski definition) is 2. The Morgan fingerprint density at radius 3 is 2.58 bits per heavy atom. The summed E-state index contributed by atoms with van der Waals surface area (Å²) in [5.74, 6) is -0.127. The average molecular weight is 262 g/mol. The molecule has 1 saturated heterocycles. The molecular formula is C14H20N3O2+. The van der Waals surface area contributed by atoms with Gasteiger partial charge in [0.05, 0.1) is 0 Å². The van der Waals surface area contributed by atoms with Gasteiger partial charge in [-0.15, -0.1) is 0 Å². The number of imide groups is 1. The number of amides is 3. The Kier molecular flexibility index (Phi) is 4.16. The number of nitrogens with zero attached hydrogens (tertiary/aromatic N) is 1. The highest BCUT2D eigenvalue weighted by molar-refractivity contribution is 5.97. The molecular weight excluding hydrogens is 242 g/mol. The first-order valence-corrected chi connectivity index (χ1v) is 6.58. The number of urea groups is 1. The van der Waals surface area contributed by atoms with Crippen LogP contribution in [0.1, 0.15) is 25.5 Å². The summed E-state index contributed by atoms with van der Waals surface area (Å²) in [6.45, 7) is 4.91. The Hall–Kier alpha value is -1.88. The van der Waals surface area contributed by atoms with Crippen LogP contribution in [0.25, 0.3) is 0 Å². The van der Waals surface area contributed by atoms with Gasteiger partial charge in [-0.05, 0) is 13.8 Å². The van der Waals surface area contributed by atoms with Crippen LogP contribution in [-0.2, 0) is 4.79 Å². The first-order chi connectivity index (χ1) is 9.09. The smallest absolute Gasteiger partial charge is 0.324 e. The minimum atomic E-state index is -0.280. The van der Waals surface area contributed by atoms with Gasteiger partial charge in [0.1, 0.15) is 6.04 Å². The molecule has 0 aromatic heterocycles. The Balaban J connectivity index is 1.95. The van der Waals surface area contributed by atoms with E-state index >= 15 is 0 Å². The molecule has 102 valence electrons. The van der Waals surface area contributed by atoms with Crippen LogP contribution in [0.2, 0.25) is 0 Å². The van der Waals surface area contributed by atoms with Crippen LogP contribution in [0.4, 0.5) is 4.79 Å². The molecule has 0 spiro atoms. The second-order valence-electron chi connectivity index (χ2n) is 4.90. The molecule has 2 rings (SSSR count). The minimum Gasteiger partial charge on any atom is -0.336 e. The number of nitrogens with one attached hydrogen (secondary N) is 1. The lowest BCUT2D eigenvalue weighted by atomic mass is 10.1. The van der Waals surface area contributed by atoms with Gasteiger partial charge < -0.3 is 10.6 Å². The maximum Gasteiger partial charge on any atom is 0.324 e. The Labute approximate surface area is 113 Å². The van der Waals surface area contributed by atoms with Gasteiger partial charge in [0.25, 0.3) is 5.91 Å². The maximum absolute atomic E-state index is 12.2. The van der Waals surface area contributed by atoms with Gasteiger partial charge in [-0.3, -0.25) is 9.69 Å². The fourth-order valence-corrected chi connectivity index (χ4v) is 2.31. The molecule has 19 heavy (non-hydrogen) atoms. The van der Waals surface area contributed by atoms with Gasteiger partial charge in [0.2, 0.25) is 0 Å². The fourth-order valence-electron chi connectivity index (χ4n) is 2.31. The van der Waals surface area contributed by atoms with E-state index in [0.29, 0.717) is 13.1 Å². The number of quaternary nitrogens is 1. The van der Waals surface area contributed by atoms with Crippen molar-refractivity contribution in [1.29, 1.82) is 0 Å². The lowest BCUT2D eigenvalue weighted by molar-refractivity contribution is -0.710. The SMILES string of the molecule is C[C@H]([NH2+][C@H](C)C(=O)N1CCNC1=O)c1ccccc1. The standard InChI is InChI=1S/C14H19N3O2/c1-10(12-6-4-3-5-7-12)16-11(2)13(18)17-9-8-15-14(17)19/h3-7,10-11,16H,8-9H2,1-2H3,(H,15,19)/p+1/t10-,11+/m0/s1. The number of carbonyl (C=O) groups is 2. The summed E-state index contributed by atoms with van der Waals surface area (Å²) in [6, 6.07) is 9.67. The van der Waals surface area contributed by atoms with Crippen LogP contribution in [-0.4, -0.2) is 36.0 Å². The summed E-state index contributed by atoms with van der Waals surface area (Å²) in [5, 5.41) is 4.63. The predicted molar refractivity (Wildman–Crippen MR) is 71.4 cm³/mol. The average Bonchev–Trinajstić information content (AvgIpc) is 2.85. The van der Waals surface area contributed by atoms with Gasteiger partial charge >= 0.3 is 6.03 Å². The summed E-state index contributed by atoms with van der Waals surface area (Å²) in [4.78, 5) is 24.9. The van der Waals surface area contributed by atoms with E-state index in [1.165, 1.54) is 10.5 Å². The number of rotatable bonds is 4. The molecule has 0 aliphatic carbocycles. The van der Waals surface area contributed by atoms with Crippen molar-refractivity contribution in [1.82, 2.24) is 10.2 Å². The number of carbonyl (C=O) groups excluding carboxylic acids is 2. The summed E-state index contributed by atoms with van der Waals surface area (Å²) in [5.41, 5.74) is 1.17. The van der Waals surface area contributed by atoms with Crippen molar-refractivity contribution in [2.24, 2.45) is 0 Å². The molecule has 0 saturated carbocycles. The van der Waals surface area contributed by atoms with E-state index in [1.807, 2.05) is 42.6 Å². The normalized spacial score (nSPS) is 18.0. The van der Waals surface area contributed by atoms with Crippen LogP contribution in [0.15, 0.2) is 30.3 Å². The first kappa shape index (κ1) is 13.5. The molecule has 2 atom stereocenters. The molecule has 1 aromatic rings. The Bertz CT molecular complexity index is 461. The highest BCUT2D eigenvalue weighted by Gasteiger charge is 2.32. The molecule has 5 heteroatoms. The van der Waals surface area contributed by atoms with Crippen molar-refractivity contribution in [3.05, 3.63) is 35.9 Å². The zero-order valence-electron chi connectivity index (χ0n) is 11.3. The van der Waals surface area contributed by atoms with E-state index in [0.717, 1.165) is 0 Å². The molecule has 1 aromatic carbocycles. The Morgan fingerprint density at radius 2 is 2.00 bits per heavy atom. The van der Waals surface area contributed by atoms with Crippen molar-refractivity contribution in [2.45, 2.75) is 25.9 Å². The fraction of sp³-hybridized carbons (Fsp3) is 0.429. The van der Waals surface area contributed by atoms with Crippen molar-refractivity contribution in [3.8, 4) is 0 Å². The molecule has 1 heterocycles. The molecule has 0 radical (unpaired) electrons. The van der Waals surface area contributed by atoms with Crippen molar-refractivity contribution < 1.29 is 14.9 Å². The van der Waals surface area contributed by atoms with Crippen LogP contribution in [0.5, 0.6) is 0 Å². The van der Waals surface area contributed by atoms with Gasteiger partial charge in [0.15, 0.2) is 6.04 Å². The van der Waals surface area contributed by atoms with E-state index in [9.17, 15) is 9.59 Å². The van der Waals surface area contributed by atoms with Crippen molar-refractivity contribution in [2.75, 3.05) is 13.1 Å². The van der Waals surface area contributed by atoms with Crippen LogP contribution < -0.4 is 10.6 Å². The topological polar surface area (TPSA) is 66.0 Å². The third kappa shape index (κ3) is 3.12. The molecule has 1 aliphatic heterocycles. The van der Waals surface area contributed by atoms with E-state index in [4.69, 9.17) is 0 Å². The summed E-state index contributed by atoms with van der Waals surface area (Å²) in [6.07, 6.45) is 0. The highest BCUT2D eigenvalue weighted by Crippen LogP contribution is 2.07. The second kappa shape index (κ2) is 5.84. The third-order valence-electron chi connectivity index (χ3n) is 3.42. The summed E-state index contributed by atoms with van der Waals surface area (Å²) in [7, 11) is 0. The molecule has 0 unspecified atom stereocenters. The molecule has 1 aliphatic rings. The first-order valence-electron chi connectivity index (χ1n) is 6.58. The molecule has 5 nitrogen and oxygen atoms in total. The van der Waals surface area contributed by atoms with E-state index in [1.54, 1.807) is 0 Å². The zero-order valence-corrected chi connectivity index (χ0v) is 11.3. The Morgan fingerprint density at radius 1 is 1.32 bits per heavy atom. The third-order valence-corrected chi connectivity index (χ3v) is 3.42. The lowest BCUT2D eigenvalue weighted by Crippen LogP contribution is -2.92. The number of nitrogens with two attached hydrogens (primary N) is 1.